The van der Waals surface area contributed by atoms with Gasteiger partial charge in [-0.2, -0.15) is 0 Å². The molecule has 0 saturated carbocycles. The number of likely N-dealkylation sites (N-methyl/N-ethyl adjacent to an activating group) is 1. The molecule has 0 aliphatic carbocycles. The number of nitrogens with zero attached hydrogens (tertiary/aromatic N) is 1. The van der Waals surface area contributed by atoms with Gasteiger partial charge in [-0.05, 0) is 32.1 Å². The van der Waals surface area contributed by atoms with Gasteiger partial charge in [-0.15, -0.1) is 0 Å². The van der Waals surface area contributed by atoms with E-state index in [0.29, 0.717) is 23.9 Å². The van der Waals surface area contributed by atoms with Crippen molar-refractivity contribution >= 4 is 17.9 Å². The molecule has 2 unspecified atom stereocenters. The van der Waals surface area contributed by atoms with Gasteiger partial charge in [0.1, 0.15) is 13.2 Å². The fourth-order valence-electron chi connectivity index (χ4n) is 8.34. The highest BCUT2D eigenvalue weighted by Gasteiger charge is 2.22. The van der Waals surface area contributed by atoms with Gasteiger partial charge in [-0.3, -0.25) is 9.59 Å². The highest BCUT2D eigenvalue weighted by atomic mass is 16.7. The van der Waals surface area contributed by atoms with Crippen LogP contribution in [0.4, 0.5) is 0 Å². The Bertz CT molecular complexity index is 1090. The monoisotopic (exact) mass is 936 g/mol. The van der Waals surface area contributed by atoms with Crippen LogP contribution in [-0.2, 0) is 33.3 Å². The maximum atomic E-state index is 12.7. The molecule has 0 N–H and O–H groups in total. The Morgan fingerprint density at radius 1 is 0.439 bits per heavy atom. The highest BCUT2D eigenvalue weighted by molar-refractivity contribution is 5.70. The number of hydrogen-bond acceptors (Lipinski definition) is 8. The molecule has 0 aliphatic heterocycles. The maximum absolute atomic E-state index is 12.7. The van der Waals surface area contributed by atoms with E-state index in [1.54, 1.807) is 0 Å². The summed E-state index contributed by atoms with van der Waals surface area (Å²) in [4.78, 5) is 37.1. The second-order valence-corrected chi connectivity index (χ2v) is 20.6. The first-order chi connectivity index (χ1) is 32.1. The fourth-order valence-corrected chi connectivity index (χ4v) is 8.34. The summed E-state index contributed by atoms with van der Waals surface area (Å²) in [6.07, 6.45) is 52.9. The van der Waals surface area contributed by atoms with Crippen LogP contribution < -0.4 is 5.11 Å². The van der Waals surface area contributed by atoms with Crippen molar-refractivity contribution in [1.29, 1.82) is 0 Å². The molecule has 390 valence electrons. The van der Waals surface area contributed by atoms with Gasteiger partial charge in [-0.25, -0.2) is 0 Å². The molecule has 2 atom stereocenters. The first kappa shape index (κ1) is 64.0. The summed E-state index contributed by atoms with van der Waals surface area (Å²) in [6.45, 7) is 4.73. The Hall–Kier alpha value is -1.97. The van der Waals surface area contributed by atoms with Gasteiger partial charge in [0.2, 0.25) is 0 Å². The van der Waals surface area contributed by atoms with Crippen molar-refractivity contribution < 1.29 is 42.9 Å². The number of rotatable bonds is 53. The van der Waals surface area contributed by atoms with E-state index < -0.39 is 24.3 Å². The van der Waals surface area contributed by atoms with Gasteiger partial charge in [0.15, 0.2) is 12.4 Å². The molecule has 0 heterocycles. The van der Waals surface area contributed by atoms with Crippen molar-refractivity contribution in [2.24, 2.45) is 0 Å². The molecule has 0 amide bonds. The van der Waals surface area contributed by atoms with Crippen molar-refractivity contribution in [1.82, 2.24) is 0 Å². The van der Waals surface area contributed by atoms with Gasteiger partial charge >= 0.3 is 11.9 Å². The van der Waals surface area contributed by atoms with E-state index >= 15 is 0 Å². The van der Waals surface area contributed by atoms with Crippen LogP contribution in [0.3, 0.4) is 0 Å². The fraction of sp³-hybridized carbons (Fsp3) is 0.912. The second kappa shape index (κ2) is 49.5. The summed E-state index contributed by atoms with van der Waals surface area (Å²) < 4.78 is 22.6. The zero-order valence-corrected chi connectivity index (χ0v) is 44.3. The predicted molar refractivity (Wildman–Crippen MR) is 274 cm³/mol. The third-order valence-electron chi connectivity index (χ3n) is 12.8. The quantitative estimate of drug-likeness (QED) is 0.0195. The van der Waals surface area contributed by atoms with Crippen molar-refractivity contribution in [3.05, 3.63) is 12.2 Å². The molecule has 66 heavy (non-hydrogen) atoms. The number of esters is 2. The van der Waals surface area contributed by atoms with Crippen molar-refractivity contribution in [2.75, 3.05) is 47.5 Å². The predicted octanol–water partition coefficient (Wildman–Crippen LogP) is 14.8. The van der Waals surface area contributed by atoms with E-state index in [2.05, 4.69) is 26.0 Å². The number of carbonyl (C=O) groups excluding carboxylic acids is 3. The number of unbranched alkanes of at least 4 members (excludes halogenated alkanes) is 36. The standard InChI is InChI=1S/C57H109NO8/c1-6-8-10-12-14-16-18-19-20-21-22-23-24-25-26-27-28-29-30-31-32-33-34-35-36-38-39-41-43-45-47-54(59)64-51-53(52-65-57(56(61)62)63-50-49-58(3,4)5)66-55(60)48-46-44-42-40-37-17-15-13-11-9-7-2/h13,15,53,57H,6-12,14,16-52H2,1-5H3/b15-13-. The van der Waals surface area contributed by atoms with Gasteiger partial charge in [-0.1, -0.05) is 244 Å². The molecule has 0 aliphatic rings. The van der Waals surface area contributed by atoms with E-state index in [1.807, 2.05) is 21.1 Å². The lowest BCUT2D eigenvalue weighted by Gasteiger charge is -2.26. The summed E-state index contributed by atoms with van der Waals surface area (Å²) in [5.41, 5.74) is 0. The third-order valence-corrected chi connectivity index (χ3v) is 12.8. The number of carboxylic acids is 1. The number of ether oxygens (including phenoxy) is 4. The Balaban J connectivity index is 4.01. The average molecular weight is 936 g/mol. The Morgan fingerprint density at radius 3 is 1.17 bits per heavy atom. The number of carbonyl (C=O) groups is 3. The smallest absolute Gasteiger partial charge is 0.306 e. The minimum atomic E-state index is -1.62. The number of aliphatic carboxylic acids is 1. The molecule has 0 bridgehead atoms. The first-order valence-corrected chi connectivity index (χ1v) is 28.3. The second-order valence-electron chi connectivity index (χ2n) is 20.6. The molecule has 0 spiro atoms. The molecule has 0 rings (SSSR count). The molecule has 0 aromatic heterocycles. The van der Waals surface area contributed by atoms with Gasteiger partial charge in [0.05, 0.1) is 40.3 Å². The van der Waals surface area contributed by atoms with E-state index in [1.165, 1.54) is 186 Å². The van der Waals surface area contributed by atoms with Crippen molar-refractivity contribution in [3.8, 4) is 0 Å². The summed E-state index contributed by atoms with van der Waals surface area (Å²) >= 11 is 0. The summed E-state index contributed by atoms with van der Waals surface area (Å²) in [5, 5.41) is 11.7. The SMILES string of the molecule is CCCC/C=C\CCCCCCCC(=O)OC(COC(=O)CCCCCCCCCCCCCCCCCCCCCCCCCCCCCCCC)COC(OCC[N+](C)(C)C)C(=O)[O-]. The van der Waals surface area contributed by atoms with Crippen LogP contribution in [-0.4, -0.2) is 82.3 Å². The van der Waals surface area contributed by atoms with Crippen LogP contribution in [0.25, 0.3) is 0 Å². The molecular formula is C57H109NO8. The lowest BCUT2D eigenvalue weighted by molar-refractivity contribution is -0.870. The third kappa shape index (κ3) is 49.9. The number of quaternary nitrogens is 1. The summed E-state index contributed by atoms with van der Waals surface area (Å²) in [7, 11) is 5.92. The van der Waals surface area contributed by atoms with Crippen LogP contribution >= 0.6 is 0 Å². The van der Waals surface area contributed by atoms with E-state index in [0.717, 1.165) is 57.8 Å². The minimum absolute atomic E-state index is 0.149. The maximum Gasteiger partial charge on any atom is 0.306 e. The Morgan fingerprint density at radius 2 is 0.788 bits per heavy atom. The van der Waals surface area contributed by atoms with Gasteiger partial charge < -0.3 is 33.3 Å². The molecule has 0 radical (unpaired) electrons. The van der Waals surface area contributed by atoms with Gasteiger partial charge in [0.25, 0.3) is 0 Å². The van der Waals surface area contributed by atoms with Crippen molar-refractivity contribution in [3.63, 3.8) is 0 Å². The number of carboxylic acid groups (broad SMARTS) is 1. The number of hydrogen-bond donors (Lipinski definition) is 0. The molecular weight excluding hydrogens is 827 g/mol. The summed E-state index contributed by atoms with van der Waals surface area (Å²) in [6, 6.07) is 0. The molecule has 9 heteroatoms. The Labute approximate surface area is 408 Å². The molecule has 0 fully saturated rings. The van der Waals surface area contributed by atoms with Crippen LogP contribution in [0, 0.1) is 0 Å². The minimum Gasteiger partial charge on any atom is -0.545 e. The first-order valence-electron chi connectivity index (χ1n) is 28.3. The molecule has 0 saturated heterocycles. The molecule has 9 nitrogen and oxygen atoms in total. The van der Waals surface area contributed by atoms with Crippen LogP contribution in [0.1, 0.15) is 277 Å². The average Bonchev–Trinajstić information content (AvgIpc) is 3.28. The zero-order valence-electron chi connectivity index (χ0n) is 44.3. The zero-order chi connectivity index (χ0) is 48.4. The van der Waals surface area contributed by atoms with E-state index in [9.17, 15) is 19.5 Å². The highest BCUT2D eigenvalue weighted by Crippen LogP contribution is 2.18. The largest absolute Gasteiger partial charge is 0.545 e. The molecule has 0 aromatic rings. The summed E-state index contributed by atoms with van der Waals surface area (Å²) in [5.74, 6) is -2.28. The topological polar surface area (TPSA) is 111 Å². The normalized spacial score (nSPS) is 12.8. The van der Waals surface area contributed by atoms with Crippen LogP contribution in [0.2, 0.25) is 0 Å². The lowest BCUT2D eigenvalue weighted by atomic mass is 10.0. The van der Waals surface area contributed by atoms with Gasteiger partial charge in [0, 0.05) is 12.8 Å². The number of allylic oxidation sites excluding steroid dienone is 2. The van der Waals surface area contributed by atoms with Crippen LogP contribution in [0.5, 0.6) is 0 Å². The lowest BCUT2D eigenvalue weighted by Crippen LogP contribution is -2.44. The molecule has 0 aromatic carbocycles. The van der Waals surface area contributed by atoms with Crippen molar-refractivity contribution in [2.45, 2.75) is 289 Å². The van der Waals surface area contributed by atoms with E-state index in [4.69, 9.17) is 18.9 Å². The van der Waals surface area contributed by atoms with E-state index in [-0.39, 0.29) is 32.2 Å². The Kier molecular flexibility index (Phi) is 48.0. The van der Waals surface area contributed by atoms with Crippen LogP contribution in [0.15, 0.2) is 12.2 Å².